The van der Waals surface area contributed by atoms with Crippen molar-refractivity contribution in [2.75, 3.05) is 20.3 Å². The van der Waals surface area contributed by atoms with Gasteiger partial charge in [-0.2, -0.15) is 0 Å². The number of hydrogen-bond donors (Lipinski definition) is 1. The van der Waals surface area contributed by atoms with E-state index in [1.807, 2.05) is 28.8 Å². The average molecular weight is 296 g/mol. The second-order valence-electron chi connectivity index (χ2n) is 4.76. The lowest BCUT2D eigenvalue weighted by Gasteiger charge is -2.07. The summed E-state index contributed by atoms with van der Waals surface area (Å²) < 4.78 is 6.80. The maximum Gasteiger partial charge on any atom is 0.251 e. The summed E-state index contributed by atoms with van der Waals surface area (Å²) in [6, 6.07) is 11.1. The van der Waals surface area contributed by atoms with E-state index < -0.39 is 0 Å². The summed E-state index contributed by atoms with van der Waals surface area (Å²) in [5, 5.41) is 2.79. The Morgan fingerprint density at radius 2 is 2.05 bits per heavy atom. The van der Waals surface area contributed by atoms with Crippen LogP contribution in [0.15, 0.2) is 48.9 Å². The van der Waals surface area contributed by atoms with Crippen molar-refractivity contribution in [3.63, 3.8) is 0 Å². The Bertz CT molecular complexity index is 780. The van der Waals surface area contributed by atoms with Gasteiger partial charge in [0, 0.05) is 31.1 Å². The van der Waals surface area contributed by atoms with E-state index in [2.05, 4.69) is 15.3 Å². The Balaban J connectivity index is 1.81. The minimum Gasteiger partial charge on any atom is -0.383 e. The van der Waals surface area contributed by atoms with Gasteiger partial charge in [-0.3, -0.25) is 9.36 Å². The molecule has 2 heterocycles. The van der Waals surface area contributed by atoms with Gasteiger partial charge < -0.3 is 10.1 Å². The number of ether oxygens (including phenoxy) is 1. The van der Waals surface area contributed by atoms with Crippen LogP contribution in [0.25, 0.3) is 16.9 Å². The molecule has 0 atom stereocenters. The van der Waals surface area contributed by atoms with E-state index in [9.17, 15) is 4.79 Å². The highest BCUT2D eigenvalue weighted by Crippen LogP contribution is 2.16. The smallest absolute Gasteiger partial charge is 0.251 e. The molecule has 0 aliphatic heterocycles. The van der Waals surface area contributed by atoms with E-state index in [4.69, 9.17) is 4.74 Å². The van der Waals surface area contributed by atoms with E-state index in [1.54, 1.807) is 31.8 Å². The second-order valence-corrected chi connectivity index (χ2v) is 4.76. The van der Waals surface area contributed by atoms with Crippen LogP contribution in [-0.4, -0.2) is 40.7 Å². The largest absolute Gasteiger partial charge is 0.383 e. The number of carbonyl (C=O) groups excluding carboxylic acids is 1. The Kier molecular flexibility index (Phi) is 4.11. The first-order valence-electron chi connectivity index (χ1n) is 6.95. The molecular weight excluding hydrogens is 280 g/mol. The lowest BCUT2D eigenvalue weighted by molar-refractivity contribution is 0.0937. The third-order valence-corrected chi connectivity index (χ3v) is 3.31. The Morgan fingerprint density at radius 3 is 2.82 bits per heavy atom. The Hall–Kier alpha value is -2.73. The topological polar surface area (TPSA) is 69.0 Å². The van der Waals surface area contributed by atoms with Gasteiger partial charge in [0.1, 0.15) is 11.8 Å². The van der Waals surface area contributed by atoms with Crippen LogP contribution >= 0.6 is 0 Å². The number of nitrogens with zero attached hydrogens (tertiary/aromatic N) is 3. The molecule has 112 valence electrons. The zero-order chi connectivity index (χ0) is 15.4. The summed E-state index contributed by atoms with van der Waals surface area (Å²) in [6.45, 7) is 0.990. The molecule has 6 heteroatoms. The fourth-order valence-electron chi connectivity index (χ4n) is 2.18. The number of fused-ring (bicyclic) bond motifs is 1. The van der Waals surface area contributed by atoms with Crippen molar-refractivity contribution in [2.24, 2.45) is 0 Å². The van der Waals surface area contributed by atoms with Gasteiger partial charge in [0.2, 0.25) is 0 Å². The van der Waals surface area contributed by atoms with Crippen LogP contribution in [0.3, 0.4) is 0 Å². The van der Waals surface area contributed by atoms with Gasteiger partial charge in [-0.25, -0.2) is 9.97 Å². The molecular formula is C16H16N4O2. The fourth-order valence-corrected chi connectivity index (χ4v) is 2.18. The lowest BCUT2D eigenvalue weighted by Crippen LogP contribution is -2.26. The summed E-state index contributed by atoms with van der Waals surface area (Å²) in [4.78, 5) is 20.6. The number of hydrogen-bond acceptors (Lipinski definition) is 4. The first-order valence-corrected chi connectivity index (χ1v) is 6.95. The fraction of sp³-hybridized carbons (Fsp3) is 0.188. The maximum atomic E-state index is 11.9. The number of nitrogens with one attached hydrogen (secondary N) is 1. The van der Waals surface area contributed by atoms with Crippen molar-refractivity contribution < 1.29 is 9.53 Å². The molecule has 0 unspecified atom stereocenters. The molecule has 1 amide bonds. The van der Waals surface area contributed by atoms with Crippen molar-refractivity contribution in [3.8, 4) is 5.69 Å². The van der Waals surface area contributed by atoms with E-state index in [-0.39, 0.29) is 5.91 Å². The summed E-state index contributed by atoms with van der Waals surface area (Å²) in [6.07, 6.45) is 3.46. The van der Waals surface area contributed by atoms with E-state index in [0.29, 0.717) is 18.7 Å². The standard InChI is InChI=1S/C16H16N4O2/c1-22-10-9-18-16(21)12-4-6-13(7-5-12)20-11-19-14-3-2-8-17-15(14)20/h2-8,11H,9-10H2,1H3,(H,18,21). The van der Waals surface area contributed by atoms with Gasteiger partial charge in [0.25, 0.3) is 5.91 Å². The molecule has 0 radical (unpaired) electrons. The summed E-state index contributed by atoms with van der Waals surface area (Å²) in [5.74, 6) is -0.114. The van der Waals surface area contributed by atoms with Crippen LogP contribution in [0.5, 0.6) is 0 Å². The monoisotopic (exact) mass is 296 g/mol. The first-order chi connectivity index (χ1) is 10.8. The van der Waals surface area contributed by atoms with Crippen LogP contribution in [0.2, 0.25) is 0 Å². The van der Waals surface area contributed by atoms with Gasteiger partial charge in [-0.05, 0) is 36.4 Å². The van der Waals surface area contributed by atoms with Gasteiger partial charge in [-0.15, -0.1) is 0 Å². The normalized spacial score (nSPS) is 10.8. The van der Waals surface area contributed by atoms with Crippen molar-refractivity contribution in [2.45, 2.75) is 0 Å². The number of rotatable bonds is 5. The number of imidazole rings is 1. The van der Waals surface area contributed by atoms with Gasteiger partial charge >= 0.3 is 0 Å². The number of carbonyl (C=O) groups is 1. The number of benzene rings is 1. The molecule has 1 aromatic carbocycles. The maximum absolute atomic E-state index is 11.9. The number of amides is 1. The number of pyridine rings is 1. The molecule has 0 spiro atoms. The van der Waals surface area contributed by atoms with E-state index in [1.165, 1.54) is 0 Å². The van der Waals surface area contributed by atoms with Gasteiger partial charge in [0.05, 0.1) is 6.61 Å². The SMILES string of the molecule is COCCNC(=O)c1ccc(-n2cnc3cccnc32)cc1. The first kappa shape index (κ1) is 14.2. The highest BCUT2D eigenvalue weighted by molar-refractivity contribution is 5.94. The number of aromatic nitrogens is 3. The number of methoxy groups -OCH3 is 1. The highest BCUT2D eigenvalue weighted by atomic mass is 16.5. The van der Waals surface area contributed by atoms with E-state index >= 15 is 0 Å². The van der Waals surface area contributed by atoms with Crippen LogP contribution < -0.4 is 5.32 Å². The third-order valence-electron chi connectivity index (χ3n) is 3.31. The molecule has 0 bridgehead atoms. The van der Waals surface area contributed by atoms with Gasteiger partial charge in [0.15, 0.2) is 5.65 Å². The molecule has 0 saturated heterocycles. The van der Waals surface area contributed by atoms with Crippen LogP contribution in [0, 0.1) is 0 Å². The average Bonchev–Trinajstić information content (AvgIpc) is 2.99. The lowest BCUT2D eigenvalue weighted by atomic mass is 10.2. The minimum absolute atomic E-state index is 0.114. The second kappa shape index (κ2) is 6.36. The molecule has 3 rings (SSSR count). The minimum atomic E-state index is -0.114. The van der Waals surface area contributed by atoms with Crippen molar-refractivity contribution in [3.05, 3.63) is 54.5 Å². The molecule has 2 aromatic heterocycles. The van der Waals surface area contributed by atoms with Crippen molar-refractivity contribution in [1.29, 1.82) is 0 Å². The summed E-state index contributed by atoms with van der Waals surface area (Å²) in [7, 11) is 1.60. The molecule has 1 N–H and O–H groups in total. The molecule has 0 aliphatic rings. The zero-order valence-corrected chi connectivity index (χ0v) is 12.2. The molecule has 0 aliphatic carbocycles. The van der Waals surface area contributed by atoms with Crippen molar-refractivity contribution >= 4 is 17.1 Å². The Labute approximate surface area is 127 Å². The quantitative estimate of drug-likeness (QED) is 0.729. The van der Waals surface area contributed by atoms with Crippen LogP contribution in [-0.2, 0) is 4.74 Å². The molecule has 3 aromatic rings. The predicted octanol–water partition coefficient (Wildman–Crippen LogP) is 1.80. The molecule has 6 nitrogen and oxygen atoms in total. The third kappa shape index (κ3) is 2.82. The Morgan fingerprint density at radius 1 is 1.23 bits per heavy atom. The predicted molar refractivity (Wildman–Crippen MR) is 83.1 cm³/mol. The zero-order valence-electron chi connectivity index (χ0n) is 12.2. The van der Waals surface area contributed by atoms with Crippen LogP contribution in [0.4, 0.5) is 0 Å². The summed E-state index contributed by atoms with van der Waals surface area (Å²) in [5.41, 5.74) is 3.15. The van der Waals surface area contributed by atoms with E-state index in [0.717, 1.165) is 16.9 Å². The van der Waals surface area contributed by atoms with Crippen molar-refractivity contribution in [1.82, 2.24) is 19.9 Å². The highest BCUT2D eigenvalue weighted by Gasteiger charge is 2.07. The molecule has 0 fully saturated rings. The summed E-state index contributed by atoms with van der Waals surface area (Å²) >= 11 is 0. The van der Waals surface area contributed by atoms with Crippen LogP contribution in [0.1, 0.15) is 10.4 Å². The van der Waals surface area contributed by atoms with Gasteiger partial charge in [-0.1, -0.05) is 0 Å². The molecule has 0 saturated carbocycles. The molecule has 22 heavy (non-hydrogen) atoms.